The van der Waals surface area contributed by atoms with E-state index in [2.05, 4.69) is 323 Å². The Labute approximate surface area is 653 Å². The second-order valence-corrected chi connectivity index (χ2v) is 42.3. The summed E-state index contributed by atoms with van der Waals surface area (Å²) in [4.78, 5) is 39.2. The van der Waals surface area contributed by atoms with E-state index in [4.69, 9.17) is 0 Å². The van der Waals surface area contributed by atoms with Gasteiger partial charge in [0.25, 0.3) is 0 Å². The number of pyridine rings is 4. The van der Waals surface area contributed by atoms with Gasteiger partial charge in [0.05, 0.1) is 25.8 Å². The molecule has 2 aliphatic heterocycles. The lowest BCUT2D eigenvalue weighted by Gasteiger charge is -2.22. The Kier molecular flexibility index (Phi) is 26.6. The molecule has 14 aromatic rings. The molecule has 2 aliphatic rings. The Hall–Kier alpha value is -6.34. The number of fused-ring (bicyclic) bond motifs is 8. The van der Waals surface area contributed by atoms with Crippen molar-refractivity contribution in [1.82, 2.24) is 39.9 Å². The van der Waals surface area contributed by atoms with Crippen molar-refractivity contribution in [2.75, 3.05) is 11.5 Å². The molecule has 104 heavy (non-hydrogen) atoms. The van der Waals surface area contributed by atoms with Crippen LogP contribution in [0.25, 0.3) is 60.9 Å². The van der Waals surface area contributed by atoms with Crippen molar-refractivity contribution in [3.63, 3.8) is 0 Å². The van der Waals surface area contributed by atoms with Crippen LogP contribution in [-0.4, -0.2) is 51.4 Å². The molecule has 0 aliphatic carbocycles. The highest BCUT2D eigenvalue weighted by Crippen LogP contribution is 2.41. The van der Waals surface area contributed by atoms with E-state index in [-0.39, 0.29) is 37.9 Å². The zero-order valence-electron chi connectivity index (χ0n) is 65.8. The zero-order valence-corrected chi connectivity index (χ0v) is 72.4. The van der Waals surface area contributed by atoms with Crippen molar-refractivity contribution < 1.29 is 0 Å². The molecule has 0 amide bonds. The van der Waals surface area contributed by atoms with E-state index in [0.717, 1.165) is 25.9 Å². The number of hydrogen-bond donors (Lipinski definition) is 0. The van der Waals surface area contributed by atoms with Crippen molar-refractivity contribution in [3.05, 3.63) is 223 Å². The molecule has 0 saturated carbocycles. The van der Waals surface area contributed by atoms with Crippen LogP contribution in [0.4, 0.5) is 0 Å². The van der Waals surface area contributed by atoms with Crippen LogP contribution in [0.1, 0.15) is 222 Å². The van der Waals surface area contributed by atoms with Gasteiger partial charge in [0.2, 0.25) is 0 Å². The first-order valence-corrected chi connectivity index (χ1v) is 43.1. The van der Waals surface area contributed by atoms with E-state index >= 15 is 0 Å². The maximum absolute atomic E-state index is 4.40. The van der Waals surface area contributed by atoms with Gasteiger partial charge in [0, 0.05) is 85.3 Å². The van der Waals surface area contributed by atoms with Crippen LogP contribution in [0, 0.1) is 0 Å². The highest BCUT2D eigenvalue weighted by atomic mass is 32.2. The molecular weight excluding hydrogens is 1430 g/mol. The highest BCUT2D eigenvalue weighted by molar-refractivity contribution is 7.99. The summed E-state index contributed by atoms with van der Waals surface area (Å²) < 4.78 is 3.97. The molecule has 0 spiro atoms. The zero-order chi connectivity index (χ0) is 75.8. The molecule has 2 aromatic carbocycles. The molecule has 0 fully saturated rings. The van der Waals surface area contributed by atoms with Crippen LogP contribution in [0.2, 0.25) is 0 Å². The number of benzene rings is 2. The van der Waals surface area contributed by atoms with Crippen LogP contribution >= 0.6 is 91.5 Å². The number of nitrogens with zero attached hydrogens (tertiary/aromatic N) is 8. The lowest BCUT2D eigenvalue weighted by Crippen LogP contribution is -2.14. The molecule has 0 bridgehead atoms. The largest absolute Gasteiger partial charge is 0.263 e. The van der Waals surface area contributed by atoms with Gasteiger partial charge in [-0.2, -0.15) is 0 Å². The summed E-state index contributed by atoms with van der Waals surface area (Å²) in [6.07, 6.45) is 17.4. The quantitative estimate of drug-likeness (QED) is 0.146. The topological polar surface area (TPSA) is 103 Å². The minimum absolute atomic E-state index is 0.0995. The SMILES string of the molecule is CC(C)(C)c1cccc2c1CCS2.CC(C)(C)c1cccc2sccc12.CC(C)(C)c1ccnc2c1CCS2.CC(C)(C)c1ccnc2sccc12.CC(C)(C)c1cncc2sccc12.CC(C)(C)c1cncc2sccc12.CC(C)(C)c1ncnc2sccc12.CC(C)(C)c1ncnc2sccc12. The summed E-state index contributed by atoms with van der Waals surface area (Å²) in [6, 6.07) is 30.5. The van der Waals surface area contributed by atoms with Crippen molar-refractivity contribution >= 4 is 152 Å². The maximum Gasteiger partial charge on any atom is 0.126 e. The Morgan fingerprint density at radius 1 is 0.279 bits per heavy atom. The number of thioether (sulfide) groups is 2. The van der Waals surface area contributed by atoms with Gasteiger partial charge in [0.1, 0.15) is 27.1 Å². The van der Waals surface area contributed by atoms with Crippen molar-refractivity contribution in [2.24, 2.45) is 0 Å². The summed E-state index contributed by atoms with van der Waals surface area (Å²) in [5.74, 6) is 2.47. The van der Waals surface area contributed by atoms with Crippen LogP contribution in [0.15, 0.2) is 177 Å². The van der Waals surface area contributed by atoms with E-state index in [9.17, 15) is 0 Å². The summed E-state index contributed by atoms with van der Waals surface area (Å²) >= 11 is 14.3. The Morgan fingerprint density at radius 2 is 0.644 bits per heavy atom. The van der Waals surface area contributed by atoms with E-state index in [1.165, 1.54) is 120 Å². The molecule has 0 unspecified atom stereocenters. The van der Waals surface area contributed by atoms with Gasteiger partial charge < -0.3 is 0 Å². The third-order valence-corrected chi connectivity index (χ3v) is 24.9. The third kappa shape index (κ3) is 21.1. The molecule has 14 heterocycles. The molecule has 16 heteroatoms. The monoisotopic (exact) mass is 1530 g/mol. The summed E-state index contributed by atoms with van der Waals surface area (Å²) in [6.45, 7) is 53.6. The average Bonchev–Trinajstić information content (AvgIpc) is 1.65. The Bertz CT molecular complexity index is 4380. The minimum atomic E-state index is 0.0995. The van der Waals surface area contributed by atoms with E-state index in [1.807, 2.05) is 72.0 Å². The number of hydrogen-bond acceptors (Lipinski definition) is 16. The molecule has 16 rings (SSSR count). The first-order valence-electron chi connectivity index (χ1n) is 35.9. The average molecular weight is 1530 g/mol. The molecule has 8 nitrogen and oxygen atoms in total. The standard InChI is InChI=1S/C12H16S.C12H14S.C11H15NS.3C11H13NS.2C10H12N2S/c2*1-12(2,3)10-5-4-6-11-9(10)7-8-13-11;2*1-11(2,3)9-4-6-12-10-8(9)5-7-13-10;2*1-11(2,3)9-6-12-7-10-8(9)4-5-13-10;2*1-10(2,3)8-7-4-5-13-9(7)12-6-11-8/h4-6H,7-8H2,1-3H3;4-8H,1-3H3;4,6H,5,7H2,1-3H3;3*4-7H,1-3H3;2*4-6H,1-3H3. The molecule has 0 radical (unpaired) electrons. The fraction of sp³-hybridized carbons (Fsp3) is 0.409. The second-order valence-electron chi connectivity index (χ2n) is 34.5. The van der Waals surface area contributed by atoms with Crippen LogP contribution < -0.4 is 0 Å². The van der Waals surface area contributed by atoms with E-state index in [1.54, 1.807) is 74.9 Å². The van der Waals surface area contributed by atoms with Crippen LogP contribution in [0.5, 0.6) is 0 Å². The van der Waals surface area contributed by atoms with Crippen molar-refractivity contribution in [1.29, 1.82) is 0 Å². The Morgan fingerprint density at radius 3 is 1.12 bits per heavy atom. The number of rotatable bonds is 0. The predicted molar refractivity (Wildman–Crippen MR) is 465 cm³/mol. The van der Waals surface area contributed by atoms with Crippen LogP contribution in [-0.2, 0) is 56.2 Å². The molecule has 0 N–H and O–H groups in total. The smallest absolute Gasteiger partial charge is 0.126 e. The van der Waals surface area contributed by atoms with Gasteiger partial charge in [-0.15, -0.1) is 91.5 Å². The molecular formula is C88H108N8S8. The van der Waals surface area contributed by atoms with Gasteiger partial charge in [0.15, 0.2) is 0 Å². The minimum Gasteiger partial charge on any atom is -0.263 e. The Balaban J connectivity index is 0.000000138. The van der Waals surface area contributed by atoms with Gasteiger partial charge >= 0.3 is 0 Å². The first kappa shape index (κ1) is 81.7. The normalized spacial score (nSPS) is 13.2. The summed E-state index contributed by atoms with van der Waals surface area (Å²) in [7, 11) is 0. The van der Waals surface area contributed by atoms with Gasteiger partial charge in [-0.3, -0.25) is 9.97 Å². The third-order valence-electron chi connectivity index (χ3n) is 17.8. The van der Waals surface area contributed by atoms with Crippen molar-refractivity contribution in [3.8, 4) is 0 Å². The van der Waals surface area contributed by atoms with Gasteiger partial charge in [-0.1, -0.05) is 190 Å². The number of thiophene rings is 6. The molecule has 0 atom stereocenters. The highest BCUT2D eigenvalue weighted by Gasteiger charge is 2.27. The van der Waals surface area contributed by atoms with Crippen LogP contribution in [0.3, 0.4) is 0 Å². The fourth-order valence-electron chi connectivity index (χ4n) is 12.6. The summed E-state index contributed by atoms with van der Waals surface area (Å²) in [5.41, 5.74) is 15.5. The maximum atomic E-state index is 4.40. The van der Waals surface area contributed by atoms with E-state index in [0.29, 0.717) is 5.41 Å². The van der Waals surface area contributed by atoms with Gasteiger partial charge in [-0.05, 0) is 199 Å². The van der Waals surface area contributed by atoms with E-state index < -0.39 is 0 Å². The summed E-state index contributed by atoms with van der Waals surface area (Å²) in [5, 5.41) is 21.7. The van der Waals surface area contributed by atoms with Gasteiger partial charge in [-0.25, -0.2) is 29.9 Å². The molecule has 548 valence electrons. The lowest BCUT2D eigenvalue weighted by molar-refractivity contribution is 0.574. The fourth-order valence-corrected chi connectivity index (χ4v) is 19.4. The van der Waals surface area contributed by atoms with Crippen molar-refractivity contribution in [2.45, 2.75) is 232 Å². The second kappa shape index (κ2) is 33.8. The lowest BCUT2D eigenvalue weighted by atomic mass is 9.83. The number of aromatic nitrogens is 8. The molecule has 12 aromatic heterocycles. The first-order chi connectivity index (χ1) is 48.7. The molecule has 0 saturated heterocycles. The predicted octanol–water partition coefficient (Wildman–Crippen LogP) is 27.6.